The number of rotatable bonds is 4. The van der Waals surface area contributed by atoms with Gasteiger partial charge in [-0.05, 0) is 0 Å². The summed E-state index contributed by atoms with van der Waals surface area (Å²) < 4.78 is 26.7. The van der Waals surface area contributed by atoms with Crippen molar-refractivity contribution in [2.24, 2.45) is 5.92 Å². The summed E-state index contributed by atoms with van der Waals surface area (Å²) in [5.41, 5.74) is 0. The molecule has 1 rings (SSSR count). The van der Waals surface area contributed by atoms with E-state index >= 15 is 0 Å². The second kappa shape index (κ2) is 4.76. The van der Waals surface area contributed by atoms with E-state index in [1.807, 2.05) is 0 Å². The fourth-order valence-corrected chi connectivity index (χ4v) is 2.59. The van der Waals surface area contributed by atoms with Gasteiger partial charge in [-0.1, -0.05) is 13.0 Å². The van der Waals surface area contributed by atoms with Crippen molar-refractivity contribution in [1.29, 1.82) is 0 Å². The van der Waals surface area contributed by atoms with E-state index < -0.39 is 9.84 Å². The van der Waals surface area contributed by atoms with Crippen LogP contribution in [0.2, 0.25) is 0 Å². The summed E-state index contributed by atoms with van der Waals surface area (Å²) in [5.74, 6) is -0.500. The van der Waals surface area contributed by atoms with Gasteiger partial charge in [0.1, 0.15) is 0 Å². The molecule has 0 aromatic heterocycles. The van der Waals surface area contributed by atoms with Crippen molar-refractivity contribution in [3.63, 3.8) is 0 Å². The van der Waals surface area contributed by atoms with E-state index in [0.29, 0.717) is 6.54 Å². The Morgan fingerprint density at radius 1 is 1.67 bits per heavy atom. The Labute approximate surface area is 89.4 Å². The minimum Gasteiger partial charge on any atom is -0.469 e. The SMILES string of the molecule is COC(=O)C(C)CNC1C=CS(=O)(=O)C1. The van der Waals surface area contributed by atoms with Crippen LogP contribution in [0, 0.1) is 5.92 Å². The third-order valence-corrected chi connectivity index (χ3v) is 3.62. The first-order valence-corrected chi connectivity index (χ1v) is 6.38. The molecule has 0 aliphatic carbocycles. The van der Waals surface area contributed by atoms with Crippen molar-refractivity contribution in [3.8, 4) is 0 Å². The maximum absolute atomic E-state index is 11.1. The Kier molecular flexibility index (Phi) is 3.87. The third-order valence-electron chi connectivity index (χ3n) is 2.22. The quantitative estimate of drug-likeness (QED) is 0.675. The Morgan fingerprint density at radius 2 is 2.33 bits per heavy atom. The van der Waals surface area contributed by atoms with Crippen molar-refractivity contribution in [1.82, 2.24) is 5.32 Å². The van der Waals surface area contributed by atoms with Gasteiger partial charge >= 0.3 is 5.97 Å². The van der Waals surface area contributed by atoms with Crippen LogP contribution in [0.15, 0.2) is 11.5 Å². The second-order valence-corrected chi connectivity index (χ2v) is 5.53. The van der Waals surface area contributed by atoms with Gasteiger partial charge < -0.3 is 10.1 Å². The zero-order valence-electron chi connectivity index (χ0n) is 8.76. The molecule has 86 valence electrons. The highest BCUT2D eigenvalue weighted by atomic mass is 32.2. The highest BCUT2D eigenvalue weighted by Crippen LogP contribution is 2.08. The molecule has 1 aliphatic heterocycles. The summed E-state index contributed by atoms with van der Waals surface area (Å²) in [5, 5.41) is 4.19. The number of esters is 1. The van der Waals surface area contributed by atoms with Gasteiger partial charge in [0.25, 0.3) is 0 Å². The van der Waals surface area contributed by atoms with E-state index in [0.717, 1.165) is 0 Å². The Hall–Kier alpha value is -0.880. The smallest absolute Gasteiger partial charge is 0.309 e. The van der Waals surface area contributed by atoms with E-state index in [9.17, 15) is 13.2 Å². The molecule has 1 aliphatic rings. The van der Waals surface area contributed by atoms with E-state index in [2.05, 4.69) is 10.1 Å². The van der Waals surface area contributed by atoms with Crippen LogP contribution in [-0.2, 0) is 19.4 Å². The summed E-state index contributed by atoms with van der Waals surface area (Å²) in [4.78, 5) is 11.0. The number of carbonyl (C=O) groups excluding carboxylic acids is 1. The number of methoxy groups -OCH3 is 1. The van der Waals surface area contributed by atoms with Gasteiger partial charge in [0.15, 0.2) is 9.84 Å². The molecule has 0 aromatic rings. The van der Waals surface area contributed by atoms with Crippen LogP contribution >= 0.6 is 0 Å². The van der Waals surface area contributed by atoms with Gasteiger partial charge in [-0.3, -0.25) is 4.79 Å². The maximum atomic E-state index is 11.1. The number of hydrogen-bond acceptors (Lipinski definition) is 5. The molecule has 2 unspecified atom stereocenters. The predicted octanol–water partition coefficient (Wildman–Crippen LogP) is -0.304. The molecule has 1 heterocycles. The average Bonchev–Trinajstić information content (AvgIpc) is 2.53. The molecule has 5 nitrogen and oxygen atoms in total. The lowest BCUT2D eigenvalue weighted by atomic mass is 10.2. The minimum atomic E-state index is -3.03. The Balaban J connectivity index is 2.34. The molecule has 0 bridgehead atoms. The standard InChI is InChI=1S/C9H15NO4S/c1-7(9(11)14-2)5-10-8-3-4-15(12,13)6-8/h3-4,7-8,10H,5-6H2,1-2H3. The van der Waals surface area contributed by atoms with Crippen LogP contribution in [0.5, 0.6) is 0 Å². The second-order valence-electron chi connectivity index (χ2n) is 3.60. The van der Waals surface area contributed by atoms with Crippen LogP contribution < -0.4 is 5.32 Å². The first kappa shape index (κ1) is 12.2. The topological polar surface area (TPSA) is 72.5 Å². The largest absolute Gasteiger partial charge is 0.469 e. The summed E-state index contributed by atoms with van der Waals surface area (Å²) in [7, 11) is -1.70. The lowest BCUT2D eigenvalue weighted by molar-refractivity contribution is -0.144. The molecule has 0 fully saturated rings. The molecule has 0 aromatic carbocycles. The van der Waals surface area contributed by atoms with Gasteiger partial charge in [-0.2, -0.15) is 0 Å². The van der Waals surface area contributed by atoms with Gasteiger partial charge in [-0.15, -0.1) is 0 Å². The van der Waals surface area contributed by atoms with Gasteiger partial charge in [0.05, 0.1) is 18.8 Å². The molecule has 6 heteroatoms. The summed E-state index contributed by atoms with van der Waals surface area (Å²) in [6.45, 7) is 2.14. The molecule has 0 radical (unpaired) electrons. The van der Waals surface area contributed by atoms with E-state index in [1.54, 1.807) is 13.0 Å². The van der Waals surface area contributed by atoms with E-state index in [1.165, 1.54) is 12.5 Å². The zero-order chi connectivity index (χ0) is 11.5. The molecule has 1 N–H and O–H groups in total. The predicted molar refractivity (Wildman–Crippen MR) is 55.9 cm³/mol. The first-order valence-electron chi connectivity index (χ1n) is 4.67. The molecule has 0 saturated carbocycles. The van der Waals surface area contributed by atoms with Crippen LogP contribution in [0.25, 0.3) is 0 Å². The van der Waals surface area contributed by atoms with Crippen LogP contribution in [-0.4, -0.2) is 39.8 Å². The molecule has 0 saturated heterocycles. The highest BCUT2D eigenvalue weighted by molar-refractivity contribution is 7.94. The van der Waals surface area contributed by atoms with Crippen molar-refractivity contribution < 1.29 is 17.9 Å². The molecule has 0 spiro atoms. The number of sulfone groups is 1. The number of hydrogen-bond donors (Lipinski definition) is 1. The lowest BCUT2D eigenvalue weighted by Crippen LogP contribution is -2.35. The molecular weight excluding hydrogens is 218 g/mol. The molecule has 0 amide bonds. The normalized spacial score (nSPS) is 25.1. The molecular formula is C9H15NO4S. The third kappa shape index (κ3) is 3.64. The van der Waals surface area contributed by atoms with Crippen LogP contribution in [0.4, 0.5) is 0 Å². The van der Waals surface area contributed by atoms with Crippen molar-refractivity contribution in [3.05, 3.63) is 11.5 Å². The molecule has 2 atom stereocenters. The van der Waals surface area contributed by atoms with Gasteiger partial charge in [-0.25, -0.2) is 8.42 Å². The summed E-state index contributed by atoms with van der Waals surface area (Å²) in [6.07, 6.45) is 1.60. The summed E-state index contributed by atoms with van der Waals surface area (Å²) in [6, 6.07) is -0.192. The minimum absolute atomic E-state index is 0.0703. The van der Waals surface area contributed by atoms with Crippen molar-refractivity contribution in [2.75, 3.05) is 19.4 Å². The van der Waals surface area contributed by atoms with E-state index in [4.69, 9.17) is 0 Å². The number of nitrogens with one attached hydrogen (secondary N) is 1. The number of ether oxygens (including phenoxy) is 1. The van der Waals surface area contributed by atoms with Crippen molar-refractivity contribution >= 4 is 15.8 Å². The van der Waals surface area contributed by atoms with Crippen LogP contribution in [0.3, 0.4) is 0 Å². The van der Waals surface area contributed by atoms with Crippen molar-refractivity contribution in [2.45, 2.75) is 13.0 Å². The first-order chi connectivity index (χ1) is 6.94. The molecule has 15 heavy (non-hydrogen) atoms. The fraction of sp³-hybridized carbons (Fsp3) is 0.667. The van der Waals surface area contributed by atoms with Gasteiger partial charge in [0, 0.05) is 18.0 Å². The monoisotopic (exact) mass is 233 g/mol. The van der Waals surface area contributed by atoms with Gasteiger partial charge in [0.2, 0.25) is 0 Å². The Bertz CT molecular complexity index is 360. The highest BCUT2D eigenvalue weighted by Gasteiger charge is 2.22. The Morgan fingerprint density at radius 3 is 2.80 bits per heavy atom. The lowest BCUT2D eigenvalue weighted by Gasteiger charge is -2.13. The van der Waals surface area contributed by atoms with E-state index in [-0.39, 0.29) is 23.7 Å². The maximum Gasteiger partial charge on any atom is 0.309 e. The summed E-state index contributed by atoms with van der Waals surface area (Å²) >= 11 is 0. The number of carbonyl (C=O) groups is 1. The zero-order valence-corrected chi connectivity index (χ0v) is 9.58. The fourth-order valence-electron chi connectivity index (χ4n) is 1.32. The average molecular weight is 233 g/mol. The van der Waals surface area contributed by atoms with Crippen LogP contribution in [0.1, 0.15) is 6.92 Å².